The molecule has 0 saturated carbocycles. The zero-order valence-corrected chi connectivity index (χ0v) is 13.7. The van der Waals surface area contributed by atoms with Gasteiger partial charge in [0.1, 0.15) is 0 Å². The van der Waals surface area contributed by atoms with Gasteiger partial charge in [0.05, 0.1) is 5.92 Å². The van der Waals surface area contributed by atoms with Crippen molar-refractivity contribution < 1.29 is 14.7 Å². The maximum atomic E-state index is 12.1. The van der Waals surface area contributed by atoms with Crippen molar-refractivity contribution in [3.05, 3.63) is 60.2 Å². The van der Waals surface area contributed by atoms with Crippen molar-refractivity contribution in [3.8, 4) is 0 Å². The fraction of sp³-hybridized carbons (Fsp3) is 0.222. The molecule has 0 aromatic heterocycles. The molecule has 0 saturated heterocycles. The first-order valence-electron chi connectivity index (χ1n) is 7.29. The van der Waals surface area contributed by atoms with Gasteiger partial charge in [0.25, 0.3) is 0 Å². The van der Waals surface area contributed by atoms with Gasteiger partial charge >= 0.3 is 5.97 Å². The summed E-state index contributed by atoms with van der Waals surface area (Å²) in [4.78, 5) is 24.6. The van der Waals surface area contributed by atoms with Gasteiger partial charge in [-0.1, -0.05) is 30.3 Å². The van der Waals surface area contributed by atoms with Gasteiger partial charge in [-0.15, -0.1) is 11.8 Å². The molecule has 2 N–H and O–H groups in total. The van der Waals surface area contributed by atoms with Crippen LogP contribution >= 0.6 is 11.8 Å². The maximum absolute atomic E-state index is 12.1. The summed E-state index contributed by atoms with van der Waals surface area (Å²) in [7, 11) is 0. The Kier molecular flexibility index (Phi) is 6.23. The topological polar surface area (TPSA) is 66.4 Å². The van der Waals surface area contributed by atoms with Crippen LogP contribution in [-0.4, -0.2) is 23.2 Å². The summed E-state index contributed by atoms with van der Waals surface area (Å²) in [6.45, 7) is 0. The molecule has 2 aromatic carbocycles. The number of carboxylic acid groups (broad SMARTS) is 1. The third-order valence-electron chi connectivity index (χ3n) is 3.48. The van der Waals surface area contributed by atoms with E-state index in [1.807, 2.05) is 60.9 Å². The van der Waals surface area contributed by atoms with Crippen molar-refractivity contribution in [1.29, 1.82) is 0 Å². The van der Waals surface area contributed by atoms with E-state index in [1.54, 1.807) is 11.8 Å². The highest BCUT2D eigenvalue weighted by atomic mass is 32.2. The number of aliphatic carboxylic acids is 1. The van der Waals surface area contributed by atoms with E-state index in [-0.39, 0.29) is 12.3 Å². The summed E-state index contributed by atoms with van der Waals surface area (Å²) >= 11 is 1.62. The zero-order chi connectivity index (χ0) is 16.7. The molecule has 0 radical (unpaired) electrons. The number of nitrogens with one attached hydrogen (secondary N) is 1. The van der Waals surface area contributed by atoms with Crippen LogP contribution in [0.5, 0.6) is 0 Å². The molecule has 0 fully saturated rings. The Labute approximate surface area is 139 Å². The lowest BCUT2D eigenvalue weighted by molar-refractivity contribution is -0.143. The Balaban J connectivity index is 1.96. The van der Waals surface area contributed by atoms with Gasteiger partial charge in [-0.2, -0.15) is 0 Å². The van der Waals surface area contributed by atoms with Crippen LogP contribution in [-0.2, 0) is 16.0 Å². The molecule has 0 heterocycles. The molecule has 2 aromatic rings. The molecule has 23 heavy (non-hydrogen) atoms. The van der Waals surface area contributed by atoms with E-state index in [0.717, 1.165) is 10.5 Å². The number of carbonyl (C=O) groups is 2. The molecule has 1 unspecified atom stereocenters. The Morgan fingerprint density at radius 2 is 1.74 bits per heavy atom. The highest BCUT2D eigenvalue weighted by molar-refractivity contribution is 7.98. The maximum Gasteiger partial charge on any atom is 0.307 e. The van der Waals surface area contributed by atoms with E-state index >= 15 is 0 Å². The molecule has 1 atom stereocenters. The molecular formula is C18H19NO3S. The van der Waals surface area contributed by atoms with Crippen LogP contribution in [0.1, 0.15) is 12.0 Å². The lowest BCUT2D eigenvalue weighted by Gasteiger charge is -2.13. The third kappa shape index (κ3) is 5.45. The lowest BCUT2D eigenvalue weighted by Crippen LogP contribution is -2.24. The van der Waals surface area contributed by atoms with Crippen LogP contribution in [0.4, 0.5) is 5.69 Å². The first-order chi connectivity index (χ1) is 11.1. The van der Waals surface area contributed by atoms with E-state index in [1.165, 1.54) is 0 Å². The second-order valence-electron chi connectivity index (χ2n) is 5.21. The number of anilines is 1. The molecular weight excluding hydrogens is 310 g/mol. The zero-order valence-electron chi connectivity index (χ0n) is 12.9. The summed E-state index contributed by atoms with van der Waals surface area (Å²) in [6.07, 6.45) is 2.28. The number of hydrogen-bond donors (Lipinski definition) is 2. The summed E-state index contributed by atoms with van der Waals surface area (Å²) in [5.41, 5.74) is 1.59. The number of hydrogen-bond acceptors (Lipinski definition) is 3. The second-order valence-corrected chi connectivity index (χ2v) is 6.09. The number of carbonyl (C=O) groups excluding carboxylic acids is 1. The SMILES string of the molecule is CSc1ccc(NC(=O)CC(Cc2ccccc2)C(=O)O)cc1. The third-order valence-corrected chi connectivity index (χ3v) is 4.22. The van der Waals surface area contributed by atoms with Crippen LogP contribution in [0, 0.1) is 5.92 Å². The molecule has 2 rings (SSSR count). The normalized spacial score (nSPS) is 11.7. The van der Waals surface area contributed by atoms with E-state index in [9.17, 15) is 14.7 Å². The van der Waals surface area contributed by atoms with E-state index in [4.69, 9.17) is 0 Å². The van der Waals surface area contributed by atoms with Gasteiger partial charge in [-0.25, -0.2) is 0 Å². The molecule has 0 spiro atoms. The largest absolute Gasteiger partial charge is 0.481 e. The van der Waals surface area contributed by atoms with Crippen LogP contribution in [0.25, 0.3) is 0 Å². The number of amides is 1. The van der Waals surface area contributed by atoms with Crippen molar-refractivity contribution in [3.63, 3.8) is 0 Å². The first kappa shape index (κ1) is 17.1. The average molecular weight is 329 g/mol. The van der Waals surface area contributed by atoms with Gasteiger partial charge in [-0.05, 0) is 42.5 Å². The van der Waals surface area contributed by atoms with Crippen LogP contribution < -0.4 is 5.32 Å². The minimum absolute atomic E-state index is 0.0471. The molecule has 0 aliphatic heterocycles. The predicted molar refractivity (Wildman–Crippen MR) is 92.7 cm³/mol. The first-order valence-corrected chi connectivity index (χ1v) is 8.51. The fourth-order valence-electron chi connectivity index (χ4n) is 2.26. The number of carboxylic acids is 1. The quantitative estimate of drug-likeness (QED) is 0.761. The standard InChI is InChI=1S/C18H19NO3S/c1-23-16-9-7-15(8-10-16)19-17(20)12-14(18(21)22)11-13-5-3-2-4-6-13/h2-10,14H,11-12H2,1H3,(H,19,20)(H,21,22). The number of benzene rings is 2. The van der Waals surface area contributed by atoms with E-state index in [0.29, 0.717) is 12.1 Å². The molecule has 120 valence electrons. The minimum atomic E-state index is -0.957. The Morgan fingerprint density at radius 1 is 1.09 bits per heavy atom. The van der Waals surface area contributed by atoms with E-state index in [2.05, 4.69) is 5.32 Å². The fourth-order valence-corrected chi connectivity index (χ4v) is 2.66. The predicted octanol–water partition coefficient (Wildman–Crippen LogP) is 3.68. The van der Waals surface area contributed by atoms with Crippen LogP contribution in [0.3, 0.4) is 0 Å². The second kappa shape index (κ2) is 8.39. The highest BCUT2D eigenvalue weighted by Crippen LogP contribution is 2.19. The monoisotopic (exact) mass is 329 g/mol. The Bertz CT molecular complexity index is 656. The van der Waals surface area contributed by atoms with Crippen molar-refractivity contribution >= 4 is 29.3 Å². The van der Waals surface area contributed by atoms with Gasteiger partial charge < -0.3 is 10.4 Å². The highest BCUT2D eigenvalue weighted by Gasteiger charge is 2.21. The minimum Gasteiger partial charge on any atom is -0.481 e. The summed E-state index contributed by atoms with van der Waals surface area (Å²) < 4.78 is 0. The van der Waals surface area contributed by atoms with Crippen LogP contribution in [0.15, 0.2) is 59.5 Å². The molecule has 4 nitrogen and oxygen atoms in total. The van der Waals surface area contributed by atoms with Gasteiger partial charge in [0, 0.05) is 17.0 Å². The molecule has 0 bridgehead atoms. The van der Waals surface area contributed by atoms with Crippen molar-refractivity contribution in [2.45, 2.75) is 17.7 Å². The van der Waals surface area contributed by atoms with Gasteiger partial charge in [-0.3, -0.25) is 9.59 Å². The summed E-state index contributed by atoms with van der Waals surface area (Å²) in [5, 5.41) is 12.1. The smallest absolute Gasteiger partial charge is 0.307 e. The Hall–Kier alpha value is -2.27. The Morgan fingerprint density at radius 3 is 2.30 bits per heavy atom. The van der Waals surface area contributed by atoms with Gasteiger partial charge in [0.2, 0.25) is 5.91 Å². The van der Waals surface area contributed by atoms with Crippen molar-refractivity contribution in [2.24, 2.45) is 5.92 Å². The van der Waals surface area contributed by atoms with Crippen LogP contribution in [0.2, 0.25) is 0 Å². The number of thioether (sulfide) groups is 1. The molecule has 5 heteroatoms. The summed E-state index contributed by atoms with van der Waals surface area (Å²) in [6, 6.07) is 16.8. The summed E-state index contributed by atoms with van der Waals surface area (Å²) in [5.74, 6) is -1.98. The average Bonchev–Trinajstić information content (AvgIpc) is 2.56. The molecule has 0 aliphatic carbocycles. The van der Waals surface area contributed by atoms with Crippen molar-refractivity contribution in [2.75, 3.05) is 11.6 Å². The van der Waals surface area contributed by atoms with Gasteiger partial charge in [0.15, 0.2) is 0 Å². The lowest BCUT2D eigenvalue weighted by atomic mass is 9.96. The number of rotatable bonds is 7. The van der Waals surface area contributed by atoms with E-state index < -0.39 is 11.9 Å². The van der Waals surface area contributed by atoms with Crippen molar-refractivity contribution in [1.82, 2.24) is 0 Å². The molecule has 1 amide bonds. The molecule has 0 aliphatic rings.